The van der Waals surface area contributed by atoms with Crippen LogP contribution in [0.3, 0.4) is 0 Å². The third kappa shape index (κ3) is 5.23. The fourth-order valence-electron chi connectivity index (χ4n) is 3.20. The Kier molecular flexibility index (Phi) is 6.50. The summed E-state index contributed by atoms with van der Waals surface area (Å²) >= 11 is 0. The van der Waals surface area contributed by atoms with Crippen molar-refractivity contribution in [1.82, 2.24) is 9.80 Å². The lowest BCUT2D eigenvalue weighted by Gasteiger charge is -2.34. The first-order chi connectivity index (χ1) is 12.7. The maximum absolute atomic E-state index is 12.3. The van der Waals surface area contributed by atoms with Crippen LogP contribution in [0.15, 0.2) is 54.6 Å². The van der Waals surface area contributed by atoms with Crippen LogP contribution in [0, 0.1) is 0 Å². The average molecular weight is 353 g/mol. The zero-order valence-electron chi connectivity index (χ0n) is 15.4. The molecule has 0 atom stereocenters. The zero-order valence-corrected chi connectivity index (χ0v) is 15.4. The molecule has 0 radical (unpaired) electrons. The molecule has 1 saturated heterocycles. The second-order valence-electron chi connectivity index (χ2n) is 6.58. The summed E-state index contributed by atoms with van der Waals surface area (Å²) in [7, 11) is 1.69. The van der Waals surface area contributed by atoms with Crippen molar-refractivity contribution >= 4 is 11.7 Å². The van der Waals surface area contributed by atoms with E-state index in [1.54, 1.807) is 7.11 Å². The average Bonchev–Trinajstić information content (AvgIpc) is 2.70. The van der Waals surface area contributed by atoms with Gasteiger partial charge in [0.15, 0.2) is 0 Å². The minimum Gasteiger partial charge on any atom is -0.497 e. The van der Waals surface area contributed by atoms with Crippen LogP contribution in [-0.4, -0.2) is 55.7 Å². The van der Waals surface area contributed by atoms with Gasteiger partial charge in [0.25, 0.3) is 0 Å². The molecule has 0 unspecified atom stereocenters. The number of urea groups is 1. The normalized spacial score (nSPS) is 14.9. The van der Waals surface area contributed by atoms with Gasteiger partial charge < -0.3 is 15.0 Å². The molecule has 1 fully saturated rings. The molecule has 1 heterocycles. The van der Waals surface area contributed by atoms with Gasteiger partial charge in [0.2, 0.25) is 0 Å². The molecular formula is C21H27N3O2. The van der Waals surface area contributed by atoms with Crippen molar-refractivity contribution in [1.29, 1.82) is 0 Å². The van der Waals surface area contributed by atoms with E-state index < -0.39 is 0 Å². The molecule has 0 saturated carbocycles. The van der Waals surface area contributed by atoms with Crippen molar-refractivity contribution in [3.63, 3.8) is 0 Å². The van der Waals surface area contributed by atoms with Gasteiger partial charge in [-0.3, -0.25) is 4.90 Å². The summed E-state index contributed by atoms with van der Waals surface area (Å²) in [4.78, 5) is 16.6. The molecule has 5 heteroatoms. The molecule has 0 spiro atoms. The van der Waals surface area contributed by atoms with Gasteiger partial charge in [-0.2, -0.15) is 0 Å². The number of carbonyl (C=O) groups excluding carboxylic acids is 1. The van der Waals surface area contributed by atoms with E-state index in [1.165, 1.54) is 5.56 Å². The minimum atomic E-state index is -0.00548. The molecule has 2 aromatic carbocycles. The Morgan fingerprint density at radius 3 is 2.35 bits per heavy atom. The van der Waals surface area contributed by atoms with Crippen LogP contribution < -0.4 is 10.1 Å². The standard InChI is InChI=1S/C21H27N3O2/c1-26-20-11-9-18(10-12-20)6-5-13-23-14-16-24(17-15-23)21(25)22-19-7-3-2-4-8-19/h2-4,7-12H,5-6,13-17H2,1H3,(H,22,25). The van der Waals surface area contributed by atoms with Crippen LogP contribution >= 0.6 is 0 Å². The van der Waals surface area contributed by atoms with Crippen LogP contribution in [0.2, 0.25) is 0 Å². The number of nitrogens with zero attached hydrogens (tertiary/aromatic N) is 2. The number of nitrogens with one attached hydrogen (secondary N) is 1. The van der Waals surface area contributed by atoms with Gasteiger partial charge >= 0.3 is 6.03 Å². The Hall–Kier alpha value is -2.53. The van der Waals surface area contributed by atoms with E-state index in [2.05, 4.69) is 22.3 Å². The molecule has 5 nitrogen and oxygen atoms in total. The molecular weight excluding hydrogens is 326 g/mol. The number of anilines is 1. The molecule has 138 valence electrons. The highest BCUT2D eigenvalue weighted by atomic mass is 16.5. The van der Waals surface area contributed by atoms with E-state index >= 15 is 0 Å². The first kappa shape index (κ1) is 18.3. The van der Waals surface area contributed by atoms with Crippen LogP contribution in [0.1, 0.15) is 12.0 Å². The fraction of sp³-hybridized carbons (Fsp3) is 0.381. The number of aryl methyl sites for hydroxylation is 1. The highest BCUT2D eigenvalue weighted by Crippen LogP contribution is 2.13. The Morgan fingerprint density at radius 1 is 1.00 bits per heavy atom. The highest BCUT2D eigenvalue weighted by molar-refractivity contribution is 5.89. The number of amides is 2. The number of ether oxygens (including phenoxy) is 1. The van der Waals surface area contributed by atoms with Gasteiger partial charge in [0.1, 0.15) is 5.75 Å². The summed E-state index contributed by atoms with van der Waals surface area (Å²) in [5.41, 5.74) is 2.19. The topological polar surface area (TPSA) is 44.8 Å². The molecule has 1 aliphatic rings. The van der Waals surface area contributed by atoms with Crippen molar-refractivity contribution in [2.45, 2.75) is 12.8 Å². The smallest absolute Gasteiger partial charge is 0.321 e. The van der Waals surface area contributed by atoms with Gasteiger partial charge in [-0.1, -0.05) is 30.3 Å². The predicted molar refractivity (Wildman–Crippen MR) is 105 cm³/mol. The van der Waals surface area contributed by atoms with E-state index in [0.717, 1.165) is 57.0 Å². The summed E-state index contributed by atoms with van der Waals surface area (Å²) in [6, 6.07) is 17.9. The van der Waals surface area contributed by atoms with E-state index in [4.69, 9.17) is 4.74 Å². The number of piperazine rings is 1. The largest absolute Gasteiger partial charge is 0.497 e. The van der Waals surface area contributed by atoms with Gasteiger partial charge in [0.05, 0.1) is 7.11 Å². The summed E-state index contributed by atoms with van der Waals surface area (Å²) in [6.45, 7) is 4.50. The van der Waals surface area contributed by atoms with Crippen molar-refractivity contribution < 1.29 is 9.53 Å². The predicted octanol–water partition coefficient (Wildman–Crippen LogP) is 3.48. The van der Waals surface area contributed by atoms with Crippen LogP contribution in [0.5, 0.6) is 5.75 Å². The molecule has 1 N–H and O–H groups in total. The number of para-hydroxylation sites is 1. The molecule has 0 aliphatic carbocycles. The number of carbonyl (C=O) groups is 1. The molecule has 26 heavy (non-hydrogen) atoms. The van der Waals surface area contributed by atoms with Gasteiger partial charge in [-0.05, 0) is 49.2 Å². The second-order valence-corrected chi connectivity index (χ2v) is 6.58. The van der Waals surface area contributed by atoms with Gasteiger partial charge in [-0.15, -0.1) is 0 Å². The van der Waals surface area contributed by atoms with Crippen molar-refractivity contribution in [3.8, 4) is 5.75 Å². The number of hydrogen-bond acceptors (Lipinski definition) is 3. The SMILES string of the molecule is COc1ccc(CCCN2CCN(C(=O)Nc3ccccc3)CC2)cc1. The van der Waals surface area contributed by atoms with Crippen LogP contribution in [-0.2, 0) is 6.42 Å². The zero-order chi connectivity index (χ0) is 18.2. The molecule has 0 bridgehead atoms. The molecule has 3 rings (SSSR count). The number of benzene rings is 2. The molecule has 1 aliphatic heterocycles. The number of methoxy groups -OCH3 is 1. The van der Waals surface area contributed by atoms with E-state index in [1.807, 2.05) is 47.4 Å². The van der Waals surface area contributed by atoms with Crippen molar-refractivity contribution in [2.24, 2.45) is 0 Å². The third-order valence-corrected chi connectivity index (χ3v) is 4.78. The molecule has 2 amide bonds. The maximum Gasteiger partial charge on any atom is 0.321 e. The lowest BCUT2D eigenvalue weighted by molar-refractivity contribution is 0.146. The second kappa shape index (κ2) is 9.25. The van der Waals surface area contributed by atoms with E-state index in [0.29, 0.717) is 0 Å². The summed E-state index contributed by atoms with van der Waals surface area (Å²) in [5.74, 6) is 0.902. The van der Waals surface area contributed by atoms with Crippen LogP contribution in [0.25, 0.3) is 0 Å². The monoisotopic (exact) mass is 353 g/mol. The summed E-state index contributed by atoms with van der Waals surface area (Å²) in [6.07, 6.45) is 2.20. The lowest BCUT2D eigenvalue weighted by atomic mass is 10.1. The summed E-state index contributed by atoms with van der Waals surface area (Å²) in [5, 5.41) is 2.96. The van der Waals surface area contributed by atoms with Gasteiger partial charge in [-0.25, -0.2) is 4.79 Å². The molecule has 0 aromatic heterocycles. The number of hydrogen-bond donors (Lipinski definition) is 1. The maximum atomic E-state index is 12.3. The Balaban J connectivity index is 1.36. The quantitative estimate of drug-likeness (QED) is 0.865. The van der Waals surface area contributed by atoms with Crippen molar-refractivity contribution in [2.75, 3.05) is 45.2 Å². The first-order valence-electron chi connectivity index (χ1n) is 9.21. The Labute approximate surface area is 155 Å². The summed E-state index contributed by atoms with van der Waals surface area (Å²) < 4.78 is 5.19. The van der Waals surface area contributed by atoms with E-state index in [9.17, 15) is 4.79 Å². The molecule has 2 aromatic rings. The van der Waals surface area contributed by atoms with E-state index in [-0.39, 0.29) is 6.03 Å². The minimum absolute atomic E-state index is 0.00548. The van der Waals surface area contributed by atoms with Gasteiger partial charge in [0, 0.05) is 31.9 Å². The Bertz CT molecular complexity index is 680. The first-order valence-corrected chi connectivity index (χ1v) is 9.21. The Morgan fingerprint density at radius 2 is 1.69 bits per heavy atom. The highest BCUT2D eigenvalue weighted by Gasteiger charge is 2.20. The van der Waals surface area contributed by atoms with Crippen molar-refractivity contribution in [3.05, 3.63) is 60.2 Å². The third-order valence-electron chi connectivity index (χ3n) is 4.78. The van der Waals surface area contributed by atoms with Crippen LogP contribution in [0.4, 0.5) is 10.5 Å². The lowest BCUT2D eigenvalue weighted by Crippen LogP contribution is -2.50. The number of rotatable bonds is 6. The fourth-order valence-corrected chi connectivity index (χ4v) is 3.20.